The number of carboxylic acid groups (broad SMARTS) is 2. The number of unbranched alkanes of at least 4 members (excludes halogenated alkanes) is 4. The lowest BCUT2D eigenvalue weighted by atomic mass is 9.94. The van der Waals surface area contributed by atoms with Crippen molar-refractivity contribution >= 4 is 82.9 Å². The number of nitrogens with one attached hydrogen (secondary N) is 11. The van der Waals surface area contributed by atoms with Gasteiger partial charge in [-0.3, -0.25) is 62.3 Å². The van der Waals surface area contributed by atoms with Crippen molar-refractivity contribution in [3.63, 3.8) is 0 Å². The molecular weight excluding hydrogens is 1240 g/mol. The first kappa shape index (κ1) is 85.5. The van der Waals surface area contributed by atoms with Crippen molar-refractivity contribution in [3.8, 4) is 0 Å². The molecule has 31 nitrogen and oxygen atoms in total. The number of aliphatic carboxylic acids is 2. The van der Waals surface area contributed by atoms with Gasteiger partial charge in [-0.25, -0.2) is 4.79 Å². The summed E-state index contributed by atoms with van der Waals surface area (Å²) in [7, 11) is 0. The average Bonchev–Trinajstić information content (AvgIpc) is 0.982. The fourth-order valence-electron chi connectivity index (χ4n) is 10.1. The maximum Gasteiger partial charge on any atom is 0.326 e. The first-order valence-corrected chi connectivity index (χ1v) is 33.5. The van der Waals surface area contributed by atoms with Gasteiger partial charge in [0.25, 0.3) is 0 Å². The molecule has 1 aliphatic rings. The van der Waals surface area contributed by atoms with Gasteiger partial charge in [-0.1, -0.05) is 161 Å². The summed E-state index contributed by atoms with van der Waals surface area (Å²) in [5.74, 6) is -21.0. The van der Waals surface area contributed by atoms with E-state index in [4.69, 9.17) is 4.74 Å². The predicted molar refractivity (Wildman–Crippen MR) is 346 cm³/mol. The Labute approximate surface area is 557 Å². The van der Waals surface area contributed by atoms with Crippen LogP contribution in [-0.4, -0.2) is 200 Å². The molecule has 1 aliphatic heterocycles. The lowest BCUT2D eigenvalue weighted by molar-refractivity contribution is -0.156. The summed E-state index contributed by atoms with van der Waals surface area (Å²) in [6.45, 7) is 20.4. The molecule has 31 heteroatoms. The molecule has 1 saturated heterocycles. The van der Waals surface area contributed by atoms with Gasteiger partial charge >= 0.3 is 17.9 Å². The quantitative estimate of drug-likeness (QED) is 0.0321. The molecule has 1 rings (SSSR count). The Kier molecular flexibility index (Phi) is 39.2. The molecule has 11 amide bonds. The molecule has 0 aromatic heterocycles. The van der Waals surface area contributed by atoms with Crippen molar-refractivity contribution in [3.05, 3.63) is 0 Å². The van der Waals surface area contributed by atoms with Crippen LogP contribution in [0.3, 0.4) is 0 Å². The third-order valence-electron chi connectivity index (χ3n) is 17.8. The summed E-state index contributed by atoms with van der Waals surface area (Å²) in [5, 5.41) is 79.1. The van der Waals surface area contributed by atoms with Gasteiger partial charge in [-0.15, -0.1) is 0 Å². The molecule has 0 bridgehead atoms. The number of aliphatic hydroxyl groups excluding tert-OH is 3. The standard InChI is InChI=1S/C64H111N11O20/c1-15-22-23-24-25-26-39(78)27-44(79)69-47(32(8)16-2)57(86)65-40(28-45(80)81)54(83)75-53-38(14)95-46(82)29-41(64(93)94)66-58(87)49(34(10)18-4)72-61(90)51(36(12)20-6)71-56(85)43(31-77)67-59(88)48(33(9)17-3)70-55(84)42(30-76)68-60(89)50(35(11)19-5)73-62(91)52(37(13)21-7)74-63(53)92/h32-43,47-53,76-78H,15-31H2,1-14H3,(H,65,86)(H,66,87)(H,67,88)(H,68,89)(H,69,79)(H,70,84)(H,71,85)(H,72,90)(H,73,91)(H,74,92)(H,75,83)(H,80,81)(H,93,94). The van der Waals surface area contributed by atoms with E-state index in [1.54, 1.807) is 69.2 Å². The van der Waals surface area contributed by atoms with Gasteiger partial charge in [0, 0.05) is 0 Å². The highest BCUT2D eigenvalue weighted by Gasteiger charge is 2.42. The Bertz CT molecular complexity index is 2580. The summed E-state index contributed by atoms with van der Waals surface area (Å²) in [6, 6.07) is -18.9. The zero-order chi connectivity index (χ0) is 72.6. The maximum absolute atomic E-state index is 14.9. The second-order valence-corrected chi connectivity index (χ2v) is 25.3. The maximum atomic E-state index is 14.9. The molecule has 0 saturated carbocycles. The van der Waals surface area contributed by atoms with Crippen LogP contribution in [-0.2, 0) is 71.9 Å². The summed E-state index contributed by atoms with van der Waals surface area (Å²) in [6.07, 6.45) is 0.395. The summed E-state index contributed by atoms with van der Waals surface area (Å²) < 4.78 is 5.60. The molecule has 95 heavy (non-hydrogen) atoms. The molecule has 0 radical (unpaired) electrons. The third-order valence-corrected chi connectivity index (χ3v) is 17.8. The molecule has 19 atom stereocenters. The SMILES string of the molecule is CCCCCCCC(O)CC(=O)NC(C(=O)NC(CC(=O)O)C(=O)NC1C(=O)NC(C(C)CC)C(=O)NC(C(C)CC)C(=O)NC(CO)C(=O)NC(C(C)CC)C(=O)NC(CO)C(=O)NC(C(C)CC)C(=O)NC(C(C)CC)C(=O)NC(C(=O)O)CC(=O)OC1C)C(C)CC. The van der Waals surface area contributed by atoms with E-state index in [1.165, 1.54) is 13.8 Å². The largest absolute Gasteiger partial charge is 0.481 e. The van der Waals surface area contributed by atoms with Crippen LogP contribution >= 0.6 is 0 Å². The van der Waals surface area contributed by atoms with Crippen molar-refractivity contribution in [1.82, 2.24) is 58.5 Å². The zero-order valence-corrected chi connectivity index (χ0v) is 57.9. The van der Waals surface area contributed by atoms with Crippen molar-refractivity contribution in [2.45, 2.75) is 272 Å². The highest BCUT2D eigenvalue weighted by molar-refractivity contribution is 6.00. The minimum Gasteiger partial charge on any atom is -0.481 e. The molecule has 1 fully saturated rings. The number of aliphatic hydroxyl groups is 3. The Morgan fingerprint density at radius 2 is 0.884 bits per heavy atom. The molecule has 0 aliphatic carbocycles. The number of carbonyl (C=O) groups is 14. The minimum atomic E-state index is -2.16. The van der Waals surface area contributed by atoms with E-state index in [1.807, 2.05) is 0 Å². The van der Waals surface area contributed by atoms with E-state index >= 15 is 0 Å². The van der Waals surface area contributed by atoms with Gasteiger partial charge in [0.2, 0.25) is 65.0 Å². The van der Waals surface area contributed by atoms with E-state index in [2.05, 4.69) is 65.4 Å². The van der Waals surface area contributed by atoms with Crippen molar-refractivity contribution in [2.24, 2.45) is 35.5 Å². The topological polar surface area (TPSA) is 482 Å². The van der Waals surface area contributed by atoms with Crippen LogP contribution in [0, 0.1) is 35.5 Å². The number of rotatable bonds is 30. The molecule has 19 unspecified atom stereocenters. The zero-order valence-electron chi connectivity index (χ0n) is 57.9. The number of carboxylic acids is 2. The molecular formula is C64H111N11O20. The normalized spacial score (nSPS) is 25.8. The van der Waals surface area contributed by atoms with Crippen molar-refractivity contribution < 1.29 is 97.4 Å². The van der Waals surface area contributed by atoms with Crippen molar-refractivity contribution in [2.75, 3.05) is 13.2 Å². The van der Waals surface area contributed by atoms with Crippen molar-refractivity contribution in [1.29, 1.82) is 0 Å². The molecule has 542 valence electrons. The fraction of sp³-hybridized carbons (Fsp3) is 0.781. The van der Waals surface area contributed by atoms with Crippen LogP contribution in [0.4, 0.5) is 0 Å². The van der Waals surface area contributed by atoms with E-state index in [9.17, 15) is 92.7 Å². The van der Waals surface area contributed by atoms with Crippen LogP contribution in [0.2, 0.25) is 0 Å². The van der Waals surface area contributed by atoms with E-state index in [-0.39, 0.29) is 44.9 Å². The molecule has 0 spiro atoms. The second kappa shape index (κ2) is 43.5. The first-order valence-electron chi connectivity index (χ1n) is 33.5. The smallest absolute Gasteiger partial charge is 0.326 e. The summed E-state index contributed by atoms with van der Waals surface area (Å²) in [4.78, 5) is 196. The number of carbonyl (C=O) groups excluding carboxylic acids is 12. The first-order chi connectivity index (χ1) is 44.6. The van der Waals surface area contributed by atoms with Crippen LogP contribution in [0.1, 0.15) is 193 Å². The third kappa shape index (κ3) is 28.4. The number of amides is 11. The van der Waals surface area contributed by atoms with Gasteiger partial charge in [0.1, 0.15) is 72.6 Å². The monoisotopic (exact) mass is 1350 g/mol. The Morgan fingerprint density at radius 3 is 1.26 bits per heavy atom. The number of hydrogen-bond donors (Lipinski definition) is 16. The van der Waals surface area contributed by atoms with Gasteiger partial charge in [0.15, 0.2) is 0 Å². The molecule has 16 N–H and O–H groups in total. The Morgan fingerprint density at radius 1 is 0.495 bits per heavy atom. The van der Waals surface area contributed by atoms with Crippen LogP contribution in [0.15, 0.2) is 0 Å². The Balaban J connectivity index is 4.25. The average molecular weight is 1350 g/mol. The fourth-order valence-corrected chi connectivity index (χ4v) is 10.1. The summed E-state index contributed by atoms with van der Waals surface area (Å²) >= 11 is 0. The van der Waals surface area contributed by atoms with E-state index in [0.717, 1.165) is 32.6 Å². The molecule has 0 aromatic rings. The number of cyclic esters (lactones) is 1. The lowest BCUT2D eigenvalue weighted by Crippen LogP contribution is -2.64. The number of ether oxygens (including phenoxy) is 1. The van der Waals surface area contributed by atoms with Crippen LogP contribution in [0.25, 0.3) is 0 Å². The minimum absolute atomic E-state index is 0.141. The van der Waals surface area contributed by atoms with Crippen LogP contribution < -0.4 is 58.5 Å². The molecule has 1 heterocycles. The van der Waals surface area contributed by atoms with Gasteiger partial charge in [0.05, 0.1) is 38.6 Å². The number of esters is 1. The number of hydrogen-bond acceptors (Lipinski definition) is 18. The lowest BCUT2D eigenvalue weighted by Gasteiger charge is -2.32. The van der Waals surface area contributed by atoms with Gasteiger partial charge < -0.3 is 88.8 Å². The van der Waals surface area contributed by atoms with Gasteiger partial charge in [-0.2, -0.15) is 0 Å². The molecule has 0 aromatic carbocycles. The predicted octanol–water partition coefficient (Wildman–Crippen LogP) is -0.413. The van der Waals surface area contributed by atoms with Crippen LogP contribution in [0.5, 0.6) is 0 Å². The van der Waals surface area contributed by atoms with E-state index < -0.39 is 223 Å². The second-order valence-electron chi connectivity index (χ2n) is 25.3. The van der Waals surface area contributed by atoms with Gasteiger partial charge in [-0.05, 0) is 48.9 Å². The highest BCUT2D eigenvalue weighted by atomic mass is 16.5. The Hall–Kier alpha value is -7.54. The highest BCUT2D eigenvalue weighted by Crippen LogP contribution is 2.19. The van der Waals surface area contributed by atoms with E-state index in [0.29, 0.717) is 12.8 Å². The summed E-state index contributed by atoms with van der Waals surface area (Å²) in [5.41, 5.74) is 0.